The molecule has 1 fully saturated rings. The molecule has 42 heavy (non-hydrogen) atoms. The van der Waals surface area contributed by atoms with Crippen molar-refractivity contribution in [3.63, 3.8) is 0 Å². The van der Waals surface area contributed by atoms with Crippen molar-refractivity contribution < 1.29 is 33.8 Å². The number of nitrogens with zero attached hydrogens (tertiary/aromatic N) is 1. The van der Waals surface area contributed by atoms with E-state index in [-0.39, 0.29) is 31.7 Å². The van der Waals surface area contributed by atoms with Gasteiger partial charge >= 0.3 is 18.0 Å². The minimum absolute atomic E-state index is 0.00271. The first-order chi connectivity index (χ1) is 20.3. The summed E-state index contributed by atoms with van der Waals surface area (Å²) in [5.74, 6) is -3.09. The molecule has 5 rings (SSSR count). The van der Waals surface area contributed by atoms with Gasteiger partial charge in [-0.05, 0) is 47.6 Å². The lowest BCUT2D eigenvalue weighted by molar-refractivity contribution is -0.152. The largest absolute Gasteiger partial charge is 0.481 e. The maximum Gasteiger partial charge on any atom is 0.407 e. The maximum absolute atomic E-state index is 13.7. The molecule has 3 atom stereocenters. The number of piperidine rings is 1. The smallest absolute Gasteiger partial charge is 0.407 e. The number of amides is 2. The van der Waals surface area contributed by atoms with Gasteiger partial charge in [-0.1, -0.05) is 78.9 Å². The summed E-state index contributed by atoms with van der Waals surface area (Å²) in [6.45, 7) is 1.89. The van der Waals surface area contributed by atoms with Crippen LogP contribution < -0.4 is 5.32 Å². The van der Waals surface area contributed by atoms with Gasteiger partial charge in [-0.25, -0.2) is 4.79 Å². The zero-order valence-electron chi connectivity index (χ0n) is 23.4. The minimum Gasteiger partial charge on any atom is -0.481 e. The normalized spacial score (nSPS) is 18.4. The van der Waals surface area contributed by atoms with E-state index in [4.69, 9.17) is 9.47 Å². The Bertz CT molecular complexity index is 1410. The molecule has 0 bridgehead atoms. The van der Waals surface area contributed by atoms with Gasteiger partial charge in [0.1, 0.15) is 19.3 Å². The predicted octanol–water partition coefficient (Wildman–Crippen LogP) is 4.74. The van der Waals surface area contributed by atoms with Gasteiger partial charge in [0, 0.05) is 18.5 Å². The number of benzene rings is 3. The van der Waals surface area contributed by atoms with Gasteiger partial charge in [0.15, 0.2) is 0 Å². The third-order valence-electron chi connectivity index (χ3n) is 8.06. The van der Waals surface area contributed by atoms with Gasteiger partial charge in [0.25, 0.3) is 0 Å². The number of carboxylic acids is 1. The summed E-state index contributed by atoms with van der Waals surface area (Å²) in [6.07, 6.45) is -0.315. The van der Waals surface area contributed by atoms with Crippen molar-refractivity contribution in [2.45, 2.75) is 50.8 Å². The molecule has 2 N–H and O–H groups in total. The molecule has 3 aromatic carbocycles. The predicted molar refractivity (Wildman–Crippen MR) is 154 cm³/mol. The molecule has 0 aromatic heterocycles. The highest BCUT2D eigenvalue weighted by Crippen LogP contribution is 2.44. The first-order valence-electron chi connectivity index (χ1n) is 14.2. The van der Waals surface area contributed by atoms with E-state index in [9.17, 15) is 24.3 Å². The highest BCUT2D eigenvalue weighted by Gasteiger charge is 2.37. The van der Waals surface area contributed by atoms with Gasteiger partial charge in [0.05, 0.1) is 12.3 Å². The Labute approximate surface area is 244 Å². The monoisotopic (exact) mass is 570 g/mol. The van der Waals surface area contributed by atoms with Crippen LogP contribution in [-0.2, 0) is 30.5 Å². The number of aliphatic carboxylic acids is 1. The van der Waals surface area contributed by atoms with Gasteiger partial charge < -0.3 is 24.8 Å². The maximum atomic E-state index is 13.7. The number of carboxylic acid groups (broad SMARTS) is 1. The van der Waals surface area contributed by atoms with Crippen LogP contribution in [0, 0.1) is 5.92 Å². The van der Waals surface area contributed by atoms with Gasteiger partial charge in [-0.2, -0.15) is 0 Å². The van der Waals surface area contributed by atoms with Crippen LogP contribution in [0.5, 0.6) is 0 Å². The molecule has 3 aromatic rings. The summed E-state index contributed by atoms with van der Waals surface area (Å²) in [5, 5.41) is 12.1. The van der Waals surface area contributed by atoms with E-state index in [1.807, 2.05) is 85.8 Å². The molecule has 1 aliphatic carbocycles. The van der Waals surface area contributed by atoms with E-state index in [0.717, 1.165) is 27.8 Å². The molecule has 1 heterocycles. The summed E-state index contributed by atoms with van der Waals surface area (Å²) < 4.78 is 11.0. The number of carbonyl (C=O) groups is 4. The lowest BCUT2D eigenvalue weighted by atomic mass is 9.92. The molecule has 2 amide bonds. The van der Waals surface area contributed by atoms with Crippen LogP contribution in [0.2, 0.25) is 0 Å². The van der Waals surface area contributed by atoms with E-state index in [1.54, 1.807) is 0 Å². The lowest BCUT2D eigenvalue weighted by Gasteiger charge is -2.38. The molecule has 9 heteroatoms. The van der Waals surface area contributed by atoms with Gasteiger partial charge in [-0.15, -0.1) is 0 Å². The Morgan fingerprint density at radius 2 is 1.50 bits per heavy atom. The zero-order valence-corrected chi connectivity index (χ0v) is 23.4. The highest BCUT2D eigenvalue weighted by atomic mass is 16.5. The van der Waals surface area contributed by atoms with Crippen LogP contribution in [0.4, 0.5) is 4.79 Å². The second-order valence-corrected chi connectivity index (χ2v) is 10.8. The zero-order chi connectivity index (χ0) is 29.6. The number of hydrogen-bond donors (Lipinski definition) is 2. The van der Waals surface area contributed by atoms with Crippen LogP contribution in [0.1, 0.15) is 48.8 Å². The molecule has 1 saturated heterocycles. The van der Waals surface area contributed by atoms with Crippen molar-refractivity contribution in [3.05, 3.63) is 95.6 Å². The lowest BCUT2D eigenvalue weighted by Crippen LogP contribution is -2.55. The average Bonchev–Trinajstić information content (AvgIpc) is 3.32. The fourth-order valence-electron chi connectivity index (χ4n) is 5.76. The Morgan fingerprint density at radius 1 is 0.881 bits per heavy atom. The Balaban J connectivity index is 1.28. The minimum atomic E-state index is -1.28. The molecule has 0 radical (unpaired) electrons. The van der Waals surface area contributed by atoms with Crippen LogP contribution in [-0.4, -0.2) is 59.2 Å². The summed E-state index contributed by atoms with van der Waals surface area (Å²) in [7, 11) is 0. The molecular weight excluding hydrogens is 536 g/mol. The van der Waals surface area contributed by atoms with Crippen LogP contribution in [0.25, 0.3) is 11.1 Å². The van der Waals surface area contributed by atoms with Crippen LogP contribution in [0.15, 0.2) is 78.9 Å². The fourth-order valence-corrected chi connectivity index (χ4v) is 5.76. The molecule has 2 unspecified atom stereocenters. The van der Waals surface area contributed by atoms with Crippen LogP contribution >= 0.6 is 0 Å². The van der Waals surface area contributed by atoms with Crippen molar-refractivity contribution in [2.24, 2.45) is 5.92 Å². The molecule has 9 nitrogen and oxygen atoms in total. The third-order valence-corrected chi connectivity index (χ3v) is 8.06. The third kappa shape index (κ3) is 6.46. The Kier molecular flexibility index (Phi) is 8.85. The van der Waals surface area contributed by atoms with E-state index in [2.05, 4.69) is 5.32 Å². The number of nitrogens with one attached hydrogen (secondary N) is 1. The number of ether oxygens (including phenoxy) is 2. The molecule has 0 spiro atoms. The summed E-state index contributed by atoms with van der Waals surface area (Å²) in [4.78, 5) is 52.7. The molecule has 1 aliphatic heterocycles. The highest BCUT2D eigenvalue weighted by molar-refractivity contribution is 5.90. The second kappa shape index (κ2) is 12.9. The number of alkyl carbamates (subject to hydrolysis) is 1. The van der Waals surface area contributed by atoms with E-state index >= 15 is 0 Å². The van der Waals surface area contributed by atoms with E-state index in [0.29, 0.717) is 12.8 Å². The standard InChI is InChI=1S/C33H34N2O7/c1-21-15-16-23(32(38)39)18-35(21)31(37)29(17-30(36)41-19-22-9-3-2-4-10-22)34-33(40)42-20-28-26-13-7-5-11-24(26)25-12-6-8-14-27(25)28/h2-14,21,23,28-29H,15-20H2,1H3,(H,34,40)(H,38,39)/t21?,23?,29-/m0/s1. The number of likely N-dealkylation sites (tertiary alicyclic amines) is 1. The number of carbonyl (C=O) groups excluding carboxylic acids is 3. The SMILES string of the molecule is CC1CCC(C(=O)O)CN1C(=O)[C@H](CC(=O)OCc1ccccc1)NC(=O)OCC1c2ccccc2-c2ccccc21. The van der Waals surface area contributed by atoms with Crippen LogP contribution in [0.3, 0.4) is 0 Å². The number of fused-ring (bicyclic) bond motifs is 3. The van der Waals surface area contributed by atoms with Crippen molar-refractivity contribution in [2.75, 3.05) is 13.2 Å². The summed E-state index contributed by atoms with van der Waals surface area (Å²) >= 11 is 0. The van der Waals surface area contributed by atoms with Crippen molar-refractivity contribution in [3.8, 4) is 11.1 Å². The van der Waals surface area contributed by atoms with Gasteiger partial charge in [-0.3, -0.25) is 14.4 Å². The van der Waals surface area contributed by atoms with Crippen molar-refractivity contribution >= 4 is 23.9 Å². The van der Waals surface area contributed by atoms with E-state index < -0.39 is 42.3 Å². The summed E-state index contributed by atoms with van der Waals surface area (Å²) in [5.41, 5.74) is 5.05. The average molecular weight is 571 g/mol. The fraction of sp³-hybridized carbons (Fsp3) is 0.333. The van der Waals surface area contributed by atoms with Crippen molar-refractivity contribution in [1.29, 1.82) is 0 Å². The quantitative estimate of drug-likeness (QED) is 0.357. The second-order valence-electron chi connectivity index (χ2n) is 10.8. The Hall–Kier alpha value is -4.66. The first-order valence-corrected chi connectivity index (χ1v) is 14.2. The number of esters is 1. The topological polar surface area (TPSA) is 122 Å². The molecule has 2 aliphatic rings. The number of rotatable bonds is 9. The molecule has 218 valence electrons. The van der Waals surface area contributed by atoms with Gasteiger partial charge in [0.2, 0.25) is 5.91 Å². The first kappa shape index (κ1) is 28.9. The van der Waals surface area contributed by atoms with Crippen molar-refractivity contribution in [1.82, 2.24) is 10.2 Å². The van der Waals surface area contributed by atoms with E-state index in [1.165, 1.54) is 4.90 Å². The Morgan fingerprint density at radius 3 is 2.14 bits per heavy atom. The summed E-state index contributed by atoms with van der Waals surface area (Å²) in [6, 6.07) is 23.5. The molecular formula is C33H34N2O7. The number of hydrogen-bond acceptors (Lipinski definition) is 6. The molecule has 0 saturated carbocycles.